The van der Waals surface area contributed by atoms with Crippen LogP contribution in [0.15, 0.2) is 28.7 Å². The molecule has 0 saturated carbocycles. The molecule has 1 aliphatic rings. The fourth-order valence-corrected chi connectivity index (χ4v) is 3.94. The molecule has 2 aromatic rings. The lowest BCUT2D eigenvalue weighted by molar-refractivity contribution is -0.136. The van der Waals surface area contributed by atoms with Crippen LogP contribution in [0.2, 0.25) is 5.02 Å². The molecule has 8 heteroatoms. The van der Waals surface area contributed by atoms with Gasteiger partial charge >= 0.3 is 11.8 Å². The van der Waals surface area contributed by atoms with E-state index in [1.165, 1.54) is 12.7 Å². The molecule has 1 aliphatic heterocycles. The Morgan fingerprint density at radius 3 is 2.53 bits per heavy atom. The van der Waals surface area contributed by atoms with E-state index in [4.69, 9.17) is 20.8 Å². The third kappa shape index (κ3) is 5.77. The summed E-state index contributed by atoms with van der Waals surface area (Å²) in [5, 5.41) is 5.66. The van der Waals surface area contributed by atoms with E-state index in [1.807, 2.05) is 13.8 Å². The SMILES string of the molecule is COc1ccc(NC(=O)C(=O)NCC2CCN(Cc3cc(C)oc3C)CC2)cc1Cl. The predicted molar refractivity (Wildman–Crippen MR) is 116 cm³/mol. The minimum absolute atomic E-state index is 0.362. The Morgan fingerprint density at radius 2 is 1.93 bits per heavy atom. The average molecular weight is 434 g/mol. The van der Waals surface area contributed by atoms with Crippen molar-refractivity contribution in [2.45, 2.75) is 33.2 Å². The Labute approximate surface area is 181 Å². The number of ether oxygens (including phenoxy) is 1. The molecule has 2 amide bonds. The maximum Gasteiger partial charge on any atom is 0.313 e. The number of anilines is 1. The molecule has 1 aromatic heterocycles. The molecule has 0 atom stereocenters. The number of carbonyl (C=O) groups is 2. The van der Waals surface area contributed by atoms with E-state index < -0.39 is 11.8 Å². The number of likely N-dealkylation sites (tertiary alicyclic amines) is 1. The van der Waals surface area contributed by atoms with Crippen molar-refractivity contribution >= 4 is 29.1 Å². The maximum absolute atomic E-state index is 12.1. The van der Waals surface area contributed by atoms with Gasteiger partial charge in [-0.3, -0.25) is 14.5 Å². The minimum Gasteiger partial charge on any atom is -0.495 e. The van der Waals surface area contributed by atoms with Crippen LogP contribution >= 0.6 is 11.6 Å². The molecule has 0 bridgehead atoms. The summed E-state index contributed by atoms with van der Waals surface area (Å²) < 4.78 is 10.7. The van der Waals surface area contributed by atoms with Gasteiger partial charge in [0.05, 0.1) is 12.1 Å². The zero-order chi connectivity index (χ0) is 21.7. The van der Waals surface area contributed by atoms with Crippen LogP contribution in [0.1, 0.15) is 29.9 Å². The molecule has 162 valence electrons. The second kappa shape index (κ2) is 10.00. The highest BCUT2D eigenvalue weighted by Crippen LogP contribution is 2.27. The summed E-state index contributed by atoms with van der Waals surface area (Å²) in [7, 11) is 1.51. The first-order valence-corrected chi connectivity index (χ1v) is 10.4. The van der Waals surface area contributed by atoms with Crippen molar-refractivity contribution in [2.75, 3.05) is 32.1 Å². The lowest BCUT2D eigenvalue weighted by atomic mass is 9.96. The van der Waals surface area contributed by atoms with E-state index in [0.29, 0.717) is 28.9 Å². The summed E-state index contributed by atoms with van der Waals surface area (Å²) in [5.41, 5.74) is 1.67. The summed E-state index contributed by atoms with van der Waals surface area (Å²) in [5.74, 6) is 1.43. The molecular weight excluding hydrogens is 406 g/mol. The Balaban J connectivity index is 1.40. The number of carbonyl (C=O) groups excluding carboxylic acids is 2. The first-order chi connectivity index (χ1) is 14.4. The Kier molecular flexibility index (Phi) is 7.39. The third-order valence-corrected chi connectivity index (χ3v) is 5.71. The van der Waals surface area contributed by atoms with Crippen molar-refractivity contribution in [1.29, 1.82) is 0 Å². The number of furan rings is 1. The summed E-state index contributed by atoms with van der Waals surface area (Å²) >= 11 is 6.04. The van der Waals surface area contributed by atoms with Crippen molar-refractivity contribution in [3.05, 3.63) is 46.4 Å². The first kappa shape index (κ1) is 22.2. The van der Waals surface area contributed by atoms with Crippen molar-refractivity contribution in [1.82, 2.24) is 10.2 Å². The number of nitrogens with zero attached hydrogens (tertiary/aromatic N) is 1. The van der Waals surface area contributed by atoms with E-state index >= 15 is 0 Å². The van der Waals surface area contributed by atoms with Gasteiger partial charge in [-0.25, -0.2) is 0 Å². The molecule has 2 N–H and O–H groups in total. The number of nitrogens with one attached hydrogen (secondary N) is 2. The van der Waals surface area contributed by atoms with Gasteiger partial charge in [0, 0.05) is 24.3 Å². The van der Waals surface area contributed by atoms with Crippen LogP contribution in [0.4, 0.5) is 5.69 Å². The molecule has 0 radical (unpaired) electrons. The largest absolute Gasteiger partial charge is 0.495 e. The van der Waals surface area contributed by atoms with Gasteiger partial charge in [0.1, 0.15) is 17.3 Å². The number of rotatable bonds is 6. The first-order valence-electron chi connectivity index (χ1n) is 10.1. The predicted octanol–water partition coefficient (Wildman–Crippen LogP) is 3.53. The number of aryl methyl sites for hydroxylation is 2. The molecule has 1 saturated heterocycles. The topological polar surface area (TPSA) is 83.8 Å². The van der Waals surface area contributed by atoms with Gasteiger partial charge in [-0.2, -0.15) is 0 Å². The molecule has 3 rings (SSSR count). The standard InChI is InChI=1S/C22H28ClN3O4/c1-14-10-17(15(2)30-14)13-26-8-6-16(7-9-26)12-24-21(27)22(28)25-18-4-5-20(29-3)19(23)11-18/h4-5,10-11,16H,6-9,12-13H2,1-3H3,(H,24,27)(H,25,28). The molecule has 0 unspecified atom stereocenters. The van der Waals surface area contributed by atoms with Crippen LogP contribution in [-0.4, -0.2) is 43.5 Å². The molecule has 30 heavy (non-hydrogen) atoms. The lowest BCUT2D eigenvalue weighted by Crippen LogP contribution is -2.41. The van der Waals surface area contributed by atoms with Gasteiger partial charge in [-0.05, 0) is 70.0 Å². The summed E-state index contributed by atoms with van der Waals surface area (Å²) in [6.07, 6.45) is 1.96. The highest BCUT2D eigenvalue weighted by atomic mass is 35.5. The van der Waals surface area contributed by atoms with Gasteiger partial charge in [0.15, 0.2) is 0 Å². The number of halogens is 1. The van der Waals surface area contributed by atoms with Crippen LogP contribution in [-0.2, 0) is 16.1 Å². The molecule has 2 heterocycles. The number of hydrogen-bond acceptors (Lipinski definition) is 5. The second-order valence-electron chi connectivity index (χ2n) is 7.67. The van der Waals surface area contributed by atoms with E-state index in [0.717, 1.165) is 44.0 Å². The molecular formula is C22H28ClN3O4. The fraction of sp³-hybridized carbons (Fsp3) is 0.455. The Morgan fingerprint density at radius 1 is 1.20 bits per heavy atom. The van der Waals surface area contributed by atoms with Crippen molar-refractivity contribution in [3.8, 4) is 5.75 Å². The van der Waals surface area contributed by atoms with Crippen LogP contribution < -0.4 is 15.4 Å². The highest BCUT2D eigenvalue weighted by Gasteiger charge is 2.22. The van der Waals surface area contributed by atoms with E-state index in [1.54, 1.807) is 18.2 Å². The number of piperidine rings is 1. The minimum atomic E-state index is -0.709. The number of hydrogen-bond donors (Lipinski definition) is 2. The van der Waals surface area contributed by atoms with Gasteiger partial charge < -0.3 is 19.8 Å². The zero-order valence-electron chi connectivity index (χ0n) is 17.6. The highest BCUT2D eigenvalue weighted by molar-refractivity contribution is 6.40. The van der Waals surface area contributed by atoms with Crippen LogP contribution in [0.5, 0.6) is 5.75 Å². The van der Waals surface area contributed by atoms with Gasteiger partial charge in [0.2, 0.25) is 0 Å². The number of amides is 2. The molecule has 1 fully saturated rings. The smallest absolute Gasteiger partial charge is 0.313 e. The van der Waals surface area contributed by atoms with Crippen molar-refractivity contribution in [3.63, 3.8) is 0 Å². The number of benzene rings is 1. The molecule has 0 aliphatic carbocycles. The lowest BCUT2D eigenvalue weighted by Gasteiger charge is -2.31. The summed E-state index contributed by atoms with van der Waals surface area (Å²) in [6, 6.07) is 6.91. The quantitative estimate of drug-likeness (QED) is 0.681. The maximum atomic E-state index is 12.1. The fourth-order valence-electron chi connectivity index (χ4n) is 3.68. The summed E-state index contributed by atoms with van der Waals surface area (Å²) in [6.45, 7) is 7.25. The van der Waals surface area contributed by atoms with Gasteiger partial charge in [-0.15, -0.1) is 0 Å². The van der Waals surface area contributed by atoms with Crippen LogP contribution in [0, 0.1) is 19.8 Å². The third-order valence-electron chi connectivity index (χ3n) is 5.41. The number of methoxy groups -OCH3 is 1. The molecule has 7 nitrogen and oxygen atoms in total. The van der Waals surface area contributed by atoms with Crippen LogP contribution in [0.25, 0.3) is 0 Å². The van der Waals surface area contributed by atoms with Gasteiger partial charge in [0.25, 0.3) is 0 Å². The average Bonchev–Trinajstić information content (AvgIpc) is 3.04. The molecule has 0 spiro atoms. The van der Waals surface area contributed by atoms with Crippen LogP contribution in [0.3, 0.4) is 0 Å². The van der Waals surface area contributed by atoms with E-state index in [2.05, 4.69) is 21.6 Å². The zero-order valence-corrected chi connectivity index (χ0v) is 18.3. The monoisotopic (exact) mass is 433 g/mol. The second-order valence-corrected chi connectivity index (χ2v) is 8.08. The van der Waals surface area contributed by atoms with Crippen molar-refractivity contribution < 1.29 is 18.7 Å². The van der Waals surface area contributed by atoms with Crippen molar-refractivity contribution in [2.24, 2.45) is 5.92 Å². The Hall–Kier alpha value is -2.51. The van der Waals surface area contributed by atoms with Gasteiger partial charge in [-0.1, -0.05) is 11.6 Å². The summed E-state index contributed by atoms with van der Waals surface area (Å²) in [4.78, 5) is 26.7. The molecule has 1 aromatic carbocycles. The van der Waals surface area contributed by atoms with E-state index in [9.17, 15) is 9.59 Å². The Bertz CT molecular complexity index is 904. The van der Waals surface area contributed by atoms with E-state index in [-0.39, 0.29) is 0 Å². The normalized spacial score (nSPS) is 15.1.